The first kappa shape index (κ1) is 20.8. The van der Waals surface area contributed by atoms with E-state index in [1.54, 1.807) is 0 Å². The lowest BCUT2D eigenvalue weighted by Crippen LogP contribution is -2.36. The van der Waals surface area contributed by atoms with Crippen molar-refractivity contribution >= 4 is 33.7 Å². The molecule has 1 fully saturated rings. The number of pyridine rings is 1. The zero-order valence-corrected chi connectivity index (χ0v) is 19.6. The summed E-state index contributed by atoms with van der Waals surface area (Å²) < 4.78 is 15.1. The molecule has 7 nitrogen and oxygen atoms in total. The molecular weight excluding hydrogens is 440 g/mol. The number of fused-ring (bicyclic) bond motifs is 4. The second kappa shape index (κ2) is 7.92. The Balaban J connectivity index is 1.59. The number of H-pyrrole nitrogens is 1. The van der Waals surface area contributed by atoms with Crippen LogP contribution in [0.3, 0.4) is 0 Å². The normalized spacial score (nSPS) is 23.1. The Morgan fingerprint density at radius 1 is 1.24 bits per heavy atom. The Morgan fingerprint density at radius 3 is 2.88 bits per heavy atom. The van der Waals surface area contributed by atoms with E-state index >= 15 is 0 Å². The van der Waals surface area contributed by atoms with Crippen molar-refractivity contribution in [2.24, 2.45) is 11.8 Å². The zero-order valence-electron chi connectivity index (χ0n) is 18.8. The summed E-state index contributed by atoms with van der Waals surface area (Å²) in [7, 11) is 0. The van der Waals surface area contributed by atoms with Gasteiger partial charge in [0.15, 0.2) is 6.79 Å². The number of aromatic amines is 1. The van der Waals surface area contributed by atoms with Crippen molar-refractivity contribution in [1.29, 1.82) is 0 Å². The molecule has 1 unspecified atom stereocenters. The monoisotopic (exact) mass is 466 g/mol. The second-order valence-corrected chi connectivity index (χ2v) is 9.95. The van der Waals surface area contributed by atoms with Gasteiger partial charge in [-0.15, -0.1) is 0 Å². The van der Waals surface area contributed by atoms with E-state index in [2.05, 4.69) is 23.8 Å². The summed E-state index contributed by atoms with van der Waals surface area (Å²) >= 11 is 6.41. The average molecular weight is 467 g/mol. The molecule has 4 heterocycles. The third-order valence-electron chi connectivity index (χ3n) is 7.37. The van der Waals surface area contributed by atoms with Crippen LogP contribution in [0.2, 0.25) is 5.02 Å². The number of halogens is 1. The van der Waals surface area contributed by atoms with E-state index in [-0.39, 0.29) is 18.5 Å². The number of nitrogens with one attached hydrogen (secondary N) is 1. The minimum atomic E-state index is -0.00751. The van der Waals surface area contributed by atoms with Crippen molar-refractivity contribution in [3.05, 3.63) is 57.2 Å². The van der Waals surface area contributed by atoms with Crippen LogP contribution in [0.25, 0.3) is 22.1 Å². The summed E-state index contributed by atoms with van der Waals surface area (Å²) in [6.45, 7) is 5.54. The number of hydrogen-bond donors (Lipinski definition) is 1. The van der Waals surface area contributed by atoms with Crippen LogP contribution in [0.15, 0.2) is 35.4 Å². The Bertz CT molecular complexity index is 1410. The molecule has 2 aliphatic rings. The molecule has 0 amide bonds. The molecule has 172 valence electrons. The molecule has 1 aliphatic heterocycles. The first-order valence-corrected chi connectivity index (χ1v) is 12.0. The number of aromatic nitrogens is 4. The largest absolute Gasteiger partial charge is 0.467 e. The van der Waals surface area contributed by atoms with Gasteiger partial charge in [0.1, 0.15) is 11.4 Å². The van der Waals surface area contributed by atoms with Gasteiger partial charge in [0.2, 0.25) is 0 Å². The summed E-state index contributed by atoms with van der Waals surface area (Å²) in [5.74, 6) is 1.60. The van der Waals surface area contributed by atoms with Gasteiger partial charge in [0.05, 0.1) is 30.4 Å². The molecule has 1 aliphatic carbocycles. The van der Waals surface area contributed by atoms with Crippen molar-refractivity contribution < 1.29 is 9.47 Å². The summed E-state index contributed by atoms with van der Waals surface area (Å²) in [6.07, 6.45) is 7.17. The summed E-state index contributed by atoms with van der Waals surface area (Å²) in [5, 5.41) is 1.58. The lowest BCUT2D eigenvalue weighted by Gasteiger charge is -2.35. The molecule has 0 saturated heterocycles. The van der Waals surface area contributed by atoms with Crippen LogP contribution >= 0.6 is 11.6 Å². The van der Waals surface area contributed by atoms with E-state index < -0.39 is 0 Å². The van der Waals surface area contributed by atoms with E-state index in [9.17, 15) is 4.79 Å². The molecule has 1 saturated carbocycles. The van der Waals surface area contributed by atoms with Gasteiger partial charge < -0.3 is 14.5 Å². The van der Waals surface area contributed by atoms with Gasteiger partial charge in [-0.25, -0.2) is 9.78 Å². The first-order chi connectivity index (χ1) is 16.0. The third-order valence-corrected chi connectivity index (χ3v) is 7.59. The van der Waals surface area contributed by atoms with Gasteiger partial charge >= 0.3 is 5.69 Å². The van der Waals surface area contributed by atoms with Crippen LogP contribution < -0.4 is 10.4 Å². The van der Waals surface area contributed by atoms with Crippen LogP contribution in [-0.4, -0.2) is 25.9 Å². The van der Waals surface area contributed by atoms with Gasteiger partial charge in [-0.2, -0.15) is 0 Å². The molecule has 1 aromatic carbocycles. The predicted molar refractivity (Wildman–Crippen MR) is 128 cm³/mol. The van der Waals surface area contributed by atoms with E-state index in [4.69, 9.17) is 21.1 Å². The number of nitrogens with zero attached hydrogens (tertiary/aromatic N) is 3. The minimum Gasteiger partial charge on any atom is -0.467 e. The highest BCUT2D eigenvalue weighted by Crippen LogP contribution is 2.40. The Morgan fingerprint density at radius 2 is 2.06 bits per heavy atom. The summed E-state index contributed by atoms with van der Waals surface area (Å²) in [4.78, 5) is 21.9. The highest BCUT2D eigenvalue weighted by molar-refractivity contribution is 6.30. The fourth-order valence-corrected chi connectivity index (χ4v) is 6.17. The lowest BCUT2D eigenvalue weighted by molar-refractivity contribution is -0.0170. The maximum absolute atomic E-state index is 14.1. The second-order valence-electron chi connectivity index (χ2n) is 9.51. The molecule has 4 aromatic rings. The van der Waals surface area contributed by atoms with Gasteiger partial charge in [-0.3, -0.25) is 9.13 Å². The number of imidazole rings is 1. The number of rotatable bonds is 3. The molecular formula is C25H27ClN4O3. The molecule has 0 bridgehead atoms. The van der Waals surface area contributed by atoms with Crippen LogP contribution in [0.5, 0.6) is 5.75 Å². The molecule has 33 heavy (non-hydrogen) atoms. The number of ether oxygens (including phenoxy) is 2. The smallest absolute Gasteiger partial charge is 0.329 e. The maximum Gasteiger partial charge on any atom is 0.329 e. The third kappa shape index (κ3) is 3.28. The SMILES string of the molecule is C[C@@H]1CCC[C@H](C)C1n1c(=O)n(Cc2cc(Cl)cc3c2OCOC3)c2cnc3[nH]ccc3c21. The lowest BCUT2D eigenvalue weighted by atomic mass is 9.78. The van der Waals surface area contributed by atoms with E-state index in [0.29, 0.717) is 30.0 Å². The van der Waals surface area contributed by atoms with Crippen LogP contribution in [0.1, 0.15) is 50.3 Å². The molecule has 0 radical (unpaired) electrons. The molecule has 6 rings (SSSR count). The highest BCUT2D eigenvalue weighted by Gasteiger charge is 2.33. The Hall–Kier alpha value is -2.77. The van der Waals surface area contributed by atoms with Crippen molar-refractivity contribution in [2.45, 2.75) is 52.3 Å². The standard InChI is InChI=1S/C25H27ClN4O3/c1-14-4-3-5-15(2)21(14)30-22-19-6-7-27-24(19)28-10-20(22)29(25(30)31)11-16-8-18(26)9-17-12-32-13-33-23(16)17/h6-10,14-15,21H,3-5,11-13H2,1-2H3,(H,27,28)/t14-,15+,21?. The fourth-order valence-electron chi connectivity index (χ4n) is 5.91. The van der Waals surface area contributed by atoms with Crippen molar-refractivity contribution in [2.75, 3.05) is 6.79 Å². The van der Waals surface area contributed by atoms with Gasteiger partial charge in [0.25, 0.3) is 0 Å². The molecule has 3 atom stereocenters. The molecule has 1 N–H and O–H groups in total. The van der Waals surface area contributed by atoms with Gasteiger partial charge in [-0.1, -0.05) is 31.9 Å². The van der Waals surface area contributed by atoms with E-state index in [1.807, 2.05) is 39.7 Å². The molecule has 8 heteroatoms. The topological polar surface area (TPSA) is 74.1 Å². The van der Waals surface area contributed by atoms with Crippen LogP contribution in [-0.2, 0) is 17.9 Å². The van der Waals surface area contributed by atoms with Gasteiger partial charge in [0, 0.05) is 33.8 Å². The fraction of sp³-hybridized carbons (Fsp3) is 0.440. The minimum absolute atomic E-state index is 0.00751. The highest BCUT2D eigenvalue weighted by atomic mass is 35.5. The zero-order chi connectivity index (χ0) is 22.7. The first-order valence-electron chi connectivity index (χ1n) is 11.6. The van der Waals surface area contributed by atoms with Crippen molar-refractivity contribution in [3.8, 4) is 5.75 Å². The van der Waals surface area contributed by atoms with Crippen molar-refractivity contribution in [1.82, 2.24) is 19.1 Å². The average Bonchev–Trinajstić information content (AvgIpc) is 3.37. The predicted octanol–water partition coefficient (Wildman–Crippen LogP) is 5.24. The number of benzene rings is 1. The van der Waals surface area contributed by atoms with Crippen molar-refractivity contribution in [3.63, 3.8) is 0 Å². The Labute approximate surface area is 196 Å². The van der Waals surface area contributed by atoms with E-state index in [1.165, 1.54) is 6.42 Å². The maximum atomic E-state index is 14.1. The quantitative estimate of drug-likeness (QED) is 0.447. The molecule has 0 spiro atoms. The number of hydrogen-bond acceptors (Lipinski definition) is 4. The Kier molecular flexibility index (Phi) is 4.99. The molecule has 3 aromatic heterocycles. The summed E-state index contributed by atoms with van der Waals surface area (Å²) in [5.41, 5.74) is 4.36. The van der Waals surface area contributed by atoms with Gasteiger partial charge in [-0.05, 0) is 42.9 Å². The summed E-state index contributed by atoms with van der Waals surface area (Å²) in [6, 6.07) is 5.91. The van der Waals surface area contributed by atoms with Crippen LogP contribution in [0.4, 0.5) is 0 Å². The van der Waals surface area contributed by atoms with Crippen LogP contribution in [0, 0.1) is 11.8 Å². The van der Waals surface area contributed by atoms with E-state index in [0.717, 1.165) is 51.8 Å².